The van der Waals surface area contributed by atoms with E-state index in [-0.39, 0.29) is 13.2 Å². The summed E-state index contributed by atoms with van der Waals surface area (Å²) in [5.74, 6) is 1.32. The van der Waals surface area contributed by atoms with E-state index in [1.165, 1.54) is 5.56 Å². The molecule has 2 rings (SSSR count). The third-order valence-corrected chi connectivity index (χ3v) is 3.27. The molecule has 112 valence electrons. The van der Waals surface area contributed by atoms with Gasteiger partial charge in [0.25, 0.3) is 0 Å². The molecule has 1 atom stereocenters. The van der Waals surface area contributed by atoms with Crippen molar-refractivity contribution in [2.45, 2.75) is 20.0 Å². The molecule has 0 saturated heterocycles. The molecular formula is C17H21NO3. The lowest BCUT2D eigenvalue weighted by molar-refractivity contribution is 0.0629. The SMILES string of the molecule is Cc1ccc(OCC(O)COc2ccccc2N)cc1C. The summed E-state index contributed by atoms with van der Waals surface area (Å²) < 4.78 is 11.0. The predicted molar refractivity (Wildman–Crippen MR) is 83.8 cm³/mol. The lowest BCUT2D eigenvalue weighted by Gasteiger charge is -2.15. The topological polar surface area (TPSA) is 64.7 Å². The van der Waals surface area contributed by atoms with Crippen molar-refractivity contribution in [3.05, 3.63) is 53.6 Å². The van der Waals surface area contributed by atoms with E-state index < -0.39 is 6.10 Å². The highest BCUT2D eigenvalue weighted by atomic mass is 16.5. The highest BCUT2D eigenvalue weighted by molar-refractivity contribution is 5.51. The molecule has 1 unspecified atom stereocenters. The van der Waals surface area contributed by atoms with E-state index in [1.54, 1.807) is 12.1 Å². The summed E-state index contributed by atoms with van der Waals surface area (Å²) in [7, 11) is 0. The molecule has 0 bridgehead atoms. The van der Waals surface area contributed by atoms with Crippen molar-refractivity contribution in [3.63, 3.8) is 0 Å². The standard InChI is InChI=1S/C17H21NO3/c1-12-7-8-15(9-13(12)2)20-10-14(19)11-21-17-6-4-3-5-16(17)18/h3-9,14,19H,10-11,18H2,1-2H3. The number of rotatable bonds is 6. The Hall–Kier alpha value is -2.20. The van der Waals surface area contributed by atoms with Crippen molar-refractivity contribution in [1.29, 1.82) is 0 Å². The molecule has 0 radical (unpaired) electrons. The van der Waals surface area contributed by atoms with E-state index in [0.717, 1.165) is 11.3 Å². The number of aliphatic hydroxyl groups is 1. The van der Waals surface area contributed by atoms with Crippen molar-refractivity contribution in [2.75, 3.05) is 18.9 Å². The monoisotopic (exact) mass is 287 g/mol. The van der Waals surface area contributed by atoms with E-state index in [9.17, 15) is 5.11 Å². The third-order valence-electron chi connectivity index (χ3n) is 3.27. The molecule has 2 aromatic rings. The van der Waals surface area contributed by atoms with Crippen molar-refractivity contribution in [3.8, 4) is 11.5 Å². The van der Waals surface area contributed by atoms with Gasteiger partial charge in [-0.3, -0.25) is 0 Å². The molecule has 0 aliphatic carbocycles. The van der Waals surface area contributed by atoms with Gasteiger partial charge in [0.05, 0.1) is 5.69 Å². The second-order valence-corrected chi connectivity index (χ2v) is 5.06. The lowest BCUT2D eigenvalue weighted by Crippen LogP contribution is -2.25. The van der Waals surface area contributed by atoms with Gasteiger partial charge in [0.1, 0.15) is 30.8 Å². The van der Waals surface area contributed by atoms with Crippen LogP contribution in [-0.2, 0) is 0 Å². The van der Waals surface area contributed by atoms with E-state index in [4.69, 9.17) is 15.2 Å². The Morgan fingerprint density at radius 1 is 1.00 bits per heavy atom. The maximum Gasteiger partial charge on any atom is 0.142 e. The summed E-state index contributed by atoms with van der Waals surface area (Å²) in [4.78, 5) is 0. The number of aryl methyl sites for hydroxylation is 2. The number of benzene rings is 2. The second-order valence-electron chi connectivity index (χ2n) is 5.06. The Kier molecular flexibility index (Phi) is 5.06. The fourth-order valence-corrected chi connectivity index (χ4v) is 1.84. The molecule has 0 saturated carbocycles. The Balaban J connectivity index is 1.81. The number of aliphatic hydroxyl groups excluding tert-OH is 1. The van der Waals surface area contributed by atoms with Gasteiger partial charge in [-0.15, -0.1) is 0 Å². The van der Waals surface area contributed by atoms with Crippen LogP contribution in [0.2, 0.25) is 0 Å². The van der Waals surface area contributed by atoms with Gasteiger partial charge in [-0.05, 0) is 49.2 Å². The summed E-state index contributed by atoms with van der Waals surface area (Å²) in [6.07, 6.45) is -0.716. The van der Waals surface area contributed by atoms with E-state index in [1.807, 2.05) is 44.2 Å². The van der Waals surface area contributed by atoms with E-state index in [0.29, 0.717) is 11.4 Å². The van der Waals surface area contributed by atoms with Crippen LogP contribution >= 0.6 is 0 Å². The first-order chi connectivity index (χ1) is 10.1. The van der Waals surface area contributed by atoms with Gasteiger partial charge in [0, 0.05) is 0 Å². The zero-order valence-electron chi connectivity index (χ0n) is 12.4. The molecule has 2 aromatic carbocycles. The smallest absolute Gasteiger partial charge is 0.142 e. The van der Waals surface area contributed by atoms with Gasteiger partial charge >= 0.3 is 0 Å². The van der Waals surface area contributed by atoms with Crippen LogP contribution in [0.3, 0.4) is 0 Å². The summed E-state index contributed by atoms with van der Waals surface area (Å²) >= 11 is 0. The van der Waals surface area contributed by atoms with Crippen molar-refractivity contribution in [2.24, 2.45) is 0 Å². The molecule has 0 amide bonds. The van der Waals surface area contributed by atoms with E-state index >= 15 is 0 Å². The molecule has 0 heterocycles. The number of ether oxygens (including phenoxy) is 2. The Bertz CT molecular complexity index is 598. The van der Waals surface area contributed by atoms with E-state index in [2.05, 4.69) is 0 Å². The van der Waals surface area contributed by atoms with Gasteiger partial charge in [0.2, 0.25) is 0 Å². The fraction of sp³-hybridized carbons (Fsp3) is 0.294. The van der Waals surface area contributed by atoms with Crippen LogP contribution < -0.4 is 15.2 Å². The number of para-hydroxylation sites is 2. The molecule has 21 heavy (non-hydrogen) atoms. The largest absolute Gasteiger partial charge is 0.491 e. The van der Waals surface area contributed by atoms with Crippen LogP contribution in [0.4, 0.5) is 5.69 Å². The average molecular weight is 287 g/mol. The van der Waals surface area contributed by atoms with Crippen LogP contribution in [0.5, 0.6) is 11.5 Å². The molecule has 0 aromatic heterocycles. The third kappa shape index (κ3) is 4.39. The fourth-order valence-electron chi connectivity index (χ4n) is 1.84. The van der Waals surface area contributed by atoms with Gasteiger partial charge in [-0.25, -0.2) is 0 Å². The van der Waals surface area contributed by atoms with Crippen LogP contribution in [0.1, 0.15) is 11.1 Å². The van der Waals surface area contributed by atoms with Crippen LogP contribution in [0, 0.1) is 13.8 Å². The minimum Gasteiger partial charge on any atom is -0.491 e. The minimum atomic E-state index is -0.716. The molecule has 0 spiro atoms. The Morgan fingerprint density at radius 3 is 2.43 bits per heavy atom. The summed E-state index contributed by atoms with van der Waals surface area (Å²) in [5.41, 5.74) is 8.70. The maximum atomic E-state index is 9.90. The Morgan fingerprint density at radius 2 is 1.71 bits per heavy atom. The van der Waals surface area contributed by atoms with Gasteiger partial charge in [0.15, 0.2) is 0 Å². The molecule has 0 aliphatic heterocycles. The highest BCUT2D eigenvalue weighted by Crippen LogP contribution is 2.20. The zero-order valence-corrected chi connectivity index (χ0v) is 12.4. The number of nitrogen functional groups attached to an aromatic ring is 1. The first kappa shape index (κ1) is 15.2. The first-order valence-corrected chi connectivity index (χ1v) is 6.91. The van der Waals surface area contributed by atoms with Crippen molar-refractivity contribution >= 4 is 5.69 Å². The minimum absolute atomic E-state index is 0.138. The lowest BCUT2D eigenvalue weighted by atomic mass is 10.1. The van der Waals surface area contributed by atoms with Crippen molar-refractivity contribution < 1.29 is 14.6 Å². The highest BCUT2D eigenvalue weighted by Gasteiger charge is 2.08. The molecular weight excluding hydrogens is 266 g/mol. The van der Waals surface area contributed by atoms with Crippen LogP contribution in [0.15, 0.2) is 42.5 Å². The molecule has 4 heteroatoms. The normalized spacial score (nSPS) is 12.0. The average Bonchev–Trinajstić information content (AvgIpc) is 2.47. The van der Waals surface area contributed by atoms with Gasteiger partial charge in [-0.2, -0.15) is 0 Å². The molecule has 0 aliphatic rings. The summed E-state index contributed by atoms with van der Waals surface area (Å²) in [6, 6.07) is 13.0. The predicted octanol–water partition coefficient (Wildman–Crippen LogP) is 2.70. The van der Waals surface area contributed by atoms with Crippen LogP contribution in [-0.4, -0.2) is 24.4 Å². The Labute approximate surface area is 125 Å². The summed E-state index contributed by atoms with van der Waals surface area (Å²) in [5, 5.41) is 9.90. The number of nitrogens with two attached hydrogens (primary N) is 1. The summed E-state index contributed by atoms with van der Waals surface area (Å²) in [6.45, 7) is 4.39. The molecule has 3 N–H and O–H groups in total. The zero-order chi connectivity index (χ0) is 15.2. The van der Waals surface area contributed by atoms with Crippen LogP contribution in [0.25, 0.3) is 0 Å². The number of hydrogen-bond donors (Lipinski definition) is 2. The second kappa shape index (κ2) is 6.99. The first-order valence-electron chi connectivity index (χ1n) is 6.91. The quantitative estimate of drug-likeness (QED) is 0.802. The number of anilines is 1. The maximum absolute atomic E-state index is 9.90. The molecule has 4 nitrogen and oxygen atoms in total. The van der Waals surface area contributed by atoms with Crippen molar-refractivity contribution in [1.82, 2.24) is 0 Å². The number of hydrogen-bond acceptors (Lipinski definition) is 4. The molecule has 0 fully saturated rings. The van der Waals surface area contributed by atoms with Gasteiger partial charge in [-0.1, -0.05) is 18.2 Å². The van der Waals surface area contributed by atoms with Gasteiger partial charge < -0.3 is 20.3 Å².